The third-order valence-electron chi connectivity index (χ3n) is 7.19. The van der Waals surface area contributed by atoms with E-state index in [1.807, 2.05) is 0 Å². The number of aromatic nitrogens is 1. The number of carbonyl (C=O) groups is 3. The van der Waals surface area contributed by atoms with Crippen molar-refractivity contribution in [1.29, 1.82) is 0 Å². The summed E-state index contributed by atoms with van der Waals surface area (Å²) in [6.45, 7) is 2.13. The lowest BCUT2D eigenvalue weighted by atomic mass is 9.58. The number of pyridine rings is 1. The monoisotopic (exact) mass is 492 g/mol. The van der Waals surface area contributed by atoms with E-state index in [-0.39, 0.29) is 40.5 Å². The summed E-state index contributed by atoms with van der Waals surface area (Å²) >= 11 is 6.29. The van der Waals surface area contributed by atoms with Crippen LogP contribution >= 0.6 is 11.6 Å². The number of nitrogens with zero attached hydrogens (tertiary/aromatic N) is 2. The van der Waals surface area contributed by atoms with Gasteiger partial charge in [0, 0.05) is 24.1 Å². The number of halogens is 1. The SMILES string of the molecule is CCN(C)C1C(O)=C(C(N)=O)C(=O)[C@@]2(O)C(O)=C3C(=O)c4c(O)c(NC)nc(Cl)c4C[C@H]3C[C@@H]12. The van der Waals surface area contributed by atoms with Gasteiger partial charge in [-0.3, -0.25) is 19.3 Å². The van der Waals surface area contributed by atoms with Gasteiger partial charge in [-0.25, -0.2) is 4.98 Å². The molecule has 1 aromatic heterocycles. The molecule has 1 unspecified atom stereocenters. The number of carbonyl (C=O) groups excluding carboxylic acids is 3. The van der Waals surface area contributed by atoms with Crippen molar-refractivity contribution >= 4 is 34.9 Å². The highest BCUT2D eigenvalue weighted by Crippen LogP contribution is 2.53. The summed E-state index contributed by atoms with van der Waals surface area (Å²) in [4.78, 5) is 44.5. The molecule has 0 saturated heterocycles. The number of aliphatic hydroxyl groups excluding tert-OH is 2. The zero-order valence-corrected chi connectivity index (χ0v) is 19.5. The molecular formula is C22H25ClN4O7. The molecule has 182 valence electrons. The Labute approximate surface area is 199 Å². The number of hydrogen-bond donors (Lipinski definition) is 6. The predicted molar refractivity (Wildman–Crippen MR) is 121 cm³/mol. The molecular weight excluding hydrogens is 468 g/mol. The van der Waals surface area contributed by atoms with Gasteiger partial charge in [-0.2, -0.15) is 0 Å². The van der Waals surface area contributed by atoms with E-state index in [9.17, 15) is 34.8 Å². The lowest BCUT2D eigenvalue weighted by molar-refractivity contribution is -0.148. The number of rotatable bonds is 4. The molecule has 0 bridgehead atoms. The first-order valence-electron chi connectivity index (χ1n) is 10.7. The number of primary amides is 1. The second-order valence-corrected chi connectivity index (χ2v) is 9.13. The van der Waals surface area contributed by atoms with Crippen molar-refractivity contribution in [2.45, 2.75) is 31.4 Å². The number of ketones is 2. The van der Waals surface area contributed by atoms with Crippen LogP contribution in [0.25, 0.3) is 0 Å². The van der Waals surface area contributed by atoms with Crippen LogP contribution in [-0.2, 0) is 16.0 Å². The zero-order chi connectivity index (χ0) is 25.3. The molecule has 0 aliphatic heterocycles. The Kier molecular flexibility index (Phi) is 5.62. The fourth-order valence-corrected chi connectivity index (χ4v) is 5.70. The Morgan fingerprint density at radius 2 is 1.97 bits per heavy atom. The normalized spacial score (nSPS) is 28.6. The van der Waals surface area contributed by atoms with Crippen molar-refractivity contribution < 1.29 is 34.8 Å². The van der Waals surface area contributed by atoms with E-state index in [4.69, 9.17) is 17.3 Å². The molecule has 4 rings (SSSR count). The number of aliphatic hydroxyl groups is 3. The molecule has 0 radical (unpaired) electrons. The van der Waals surface area contributed by atoms with Gasteiger partial charge in [0.25, 0.3) is 5.91 Å². The van der Waals surface area contributed by atoms with Crippen molar-refractivity contribution in [2.75, 3.05) is 26.0 Å². The summed E-state index contributed by atoms with van der Waals surface area (Å²) in [5.74, 6) is -7.21. The fourth-order valence-electron chi connectivity index (χ4n) is 5.45. The van der Waals surface area contributed by atoms with E-state index in [1.165, 1.54) is 7.05 Å². The number of anilines is 1. The van der Waals surface area contributed by atoms with Gasteiger partial charge in [0.1, 0.15) is 22.2 Å². The van der Waals surface area contributed by atoms with Gasteiger partial charge in [-0.05, 0) is 32.4 Å². The third kappa shape index (κ3) is 2.97. The van der Waals surface area contributed by atoms with Gasteiger partial charge in [0.2, 0.25) is 5.78 Å². The fraction of sp³-hybridized carbons (Fsp3) is 0.455. The number of Topliss-reactive ketones (excluding diaryl/α,β-unsaturated/α-hetero) is 2. The van der Waals surface area contributed by atoms with Crippen LogP contribution in [0.2, 0.25) is 5.15 Å². The molecule has 4 atom stereocenters. The second-order valence-electron chi connectivity index (χ2n) is 8.78. The maximum Gasteiger partial charge on any atom is 0.255 e. The smallest absolute Gasteiger partial charge is 0.255 e. The number of allylic oxidation sites excluding steroid dienone is 1. The molecule has 34 heavy (non-hydrogen) atoms. The Morgan fingerprint density at radius 3 is 2.53 bits per heavy atom. The minimum atomic E-state index is -2.68. The van der Waals surface area contributed by atoms with Gasteiger partial charge in [-0.1, -0.05) is 18.5 Å². The summed E-state index contributed by atoms with van der Waals surface area (Å²) in [6, 6.07) is -1.04. The molecule has 1 amide bonds. The van der Waals surface area contributed by atoms with Crippen LogP contribution in [0.1, 0.15) is 29.3 Å². The maximum atomic E-state index is 13.5. The number of nitrogens with two attached hydrogens (primary N) is 1. The minimum absolute atomic E-state index is 0.00872. The highest BCUT2D eigenvalue weighted by molar-refractivity contribution is 6.32. The van der Waals surface area contributed by atoms with Gasteiger partial charge in [-0.15, -0.1) is 0 Å². The van der Waals surface area contributed by atoms with E-state index in [2.05, 4.69) is 10.3 Å². The molecule has 0 saturated carbocycles. The van der Waals surface area contributed by atoms with Gasteiger partial charge in [0.15, 0.2) is 23.0 Å². The summed E-state index contributed by atoms with van der Waals surface area (Å²) in [5.41, 5.74) is 1.65. The maximum absolute atomic E-state index is 13.5. The van der Waals surface area contributed by atoms with Crippen molar-refractivity contribution in [3.05, 3.63) is 38.9 Å². The number of nitrogens with one attached hydrogen (secondary N) is 1. The van der Waals surface area contributed by atoms with E-state index >= 15 is 0 Å². The molecule has 1 heterocycles. The molecule has 11 nitrogen and oxygen atoms in total. The molecule has 7 N–H and O–H groups in total. The number of likely N-dealkylation sites (N-methyl/N-ethyl adjacent to an activating group) is 1. The second kappa shape index (κ2) is 7.97. The lowest BCUT2D eigenvalue weighted by Crippen LogP contribution is -2.64. The summed E-state index contributed by atoms with van der Waals surface area (Å²) < 4.78 is 0. The molecule has 1 aromatic rings. The van der Waals surface area contributed by atoms with E-state index in [1.54, 1.807) is 18.9 Å². The molecule has 12 heteroatoms. The Morgan fingerprint density at radius 1 is 1.32 bits per heavy atom. The van der Waals surface area contributed by atoms with Crippen LogP contribution in [0, 0.1) is 11.8 Å². The number of amides is 1. The van der Waals surface area contributed by atoms with Crippen LogP contribution in [-0.4, -0.2) is 80.1 Å². The zero-order valence-electron chi connectivity index (χ0n) is 18.7. The lowest BCUT2D eigenvalue weighted by Gasteiger charge is -2.50. The molecule has 0 aromatic carbocycles. The molecule has 3 aliphatic rings. The van der Waals surface area contributed by atoms with E-state index in [0.29, 0.717) is 6.54 Å². The number of aromatic hydroxyl groups is 1. The van der Waals surface area contributed by atoms with Crippen molar-refractivity contribution in [3.63, 3.8) is 0 Å². The first-order valence-corrected chi connectivity index (χ1v) is 11.1. The first-order chi connectivity index (χ1) is 15.9. The van der Waals surface area contributed by atoms with Crippen LogP contribution < -0.4 is 11.1 Å². The number of fused-ring (bicyclic) bond motifs is 3. The van der Waals surface area contributed by atoms with Gasteiger partial charge >= 0.3 is 0 Å². The van der Waals surface area contributed by atoms with Crippen LogP contribution in [0.3, 0.4) is 0 Å². The van der Waals surface area contributed by atoms with Crippen molar-refractivity contribution in [3.8, 4) is 5.75 Å². The molecule has 0 spiro atoms. The van der Waals surface area contributed by atoms with Crippen LogP contribution in [0.4, 0.5) is 5.82 Å². The quantitative estimate of drug-likeness (QED) is 0.256. The van der Waals surface area contributed by atoms with E-state index < -0.39 is 63.8 Å². The average molecular weight is 493 g/mol. The van der Waals surface area contributed by atoms with Crippen molar-refractivity contribution in [2.24, 2.45) is 17.6 Å². The summed E-state index contributed by atoms with van der Waals surface area (Å²) in [7, 11) is 3.09. The Bertz CT molecular complexity index is 1210. The van der Waals surface area contributed by atoms with Crippen LogP contribution in [0.15, 0.2) is 22.7 Å². The predicted octanol–water partition coefficient (Wildman–Crippen LogP) is 0.601. The molecule has 0 fully saturated rings. The Hall–Kier alpha value is -3.15. The van der Waals surface area contributed by atoms with E-state index in [0.717, 1.165) is 0 Å². The summed E-state index contributed by atoms with van der Waals surface area (Å²) in [6.07, 6.45) is 0.0725. The van der Waals surface area contributed by atoms with Gasteiger partial charge < -0.3 is 31.5 Å². The minimum Gasteiger partial charge on any atom is -0.510 e. The van der Waals surface area contributed by atoms with Crippen LogP contribution in [0.5, 0.6) is 5.75 Å². The Balaban J connectivity index is 1.98. The van der Waals surface area contributed by atoms with Crippen molar-refractivity contribution in [1.82, 2.24) is 9.88 Å². The first kappa shape index (κ1) is 24.0. The van der Waals surface area contributed by atoms with Gasteiger partial charge in [0.05, 0.1) is 11.6 Å². The highest BCUT2D eigenvalue weighted by atomic mass is 35.5. The standard InChI is InChI=1S/C22H25ClN4O7/c1-4-27(3)13-9-6-7-5-8-11(16(30)21(25-2)26-19(8)23)14(28)10(7)17(31)22(9,34)18(32)12(15(13)29)20(24)33/h7,9,13,29-31,34H,4-6H2,1-3H3,(H2,24,33)(H,25,26)/t7-,9-,13?,22-/m0/s1. The highest BCUT2D eigenvalue weighted by Gasteiger charge is 2.63. The topological polar surface area (TPSA) is 186 Å². The number of hydrogen-bond acceptors (Lipinski definition) is 10. The molecule has 3 aliphatic carbocycles. The summed E-state index contributed by atoms with van der Waals surface area (Å²) in [5, 5.41) is 46.9. The third-order valence-corrected chi connectivity index (χ3v) is 7.50. The average Bonchev–Trinajstić information content (AvgIpc) is 2.78. The largest absolute Gasteiger partial charge is 0.510 e.